The number of aryl methyl sites for hydroxylation is 1. The third-order valence-corrected chi connectivity index (χ3v) is 2.82. The number of hydrogen-bond donors (Lipinski definition) is 2. The molecule has 2 N–H and O–H groups in total. The van der Waals surface area contributed by atoms with Crippen molar-refractivity contribution in [2.75, 3.05) is 13.1 Å². The van der Waals surface area contributed by atoms with E-state index in [0.717, 1.165) is 24.8 Å². The lowest BCUT2D eigenvalue weighted by Gasteiger charge is -2.16. The molecule has 0 fully saturated rings. The van der Waals surface area contributed by atoms with Crippen LogP contribution in [-0.2, 0) is 0 Å². The molecule has 4 heteroatoms. The Hall–Kier alpha value is -1.71. The van der Waals surface area contributed by atoms with Gasteiger partial charge >= 0.3 is 0 Å². The third kappa shape index (κ3) is 3.65. The molecule has 0 amide bonds. The Morgan fingerprint density at radius 2 is 2.17 bits per heavy atom. The maximum Gasteiger partial charge on any atom is 0.191 e. The molecule has 98 valence electrons. The van der Waals surface area contributed by atoms with Crippen LogP contribution < -0.4 is 15.4 Å². The zero-order valence-electron chi connectivity index (χ0n) is 11.2. The topological polar surface area (TPSA) is 45.6 Å². The van der Waals surface area contributed by atoms with Gasteiger partial charge in [-0.15, -0.1) is 0 Å². The minimum atomic E-state index is 0.105. The van der Waals surface area contributed by atoms with Crippen LogP contribution in [0.15, 0.2) is 29.3 Å². The van der Waals surface area contributed by atoms with E-state index in [1.54, 1.807) is 0 Å². The summed E-state index contributed by atoms with van der Waals surface area (Å²) in [6.45, 7) is 7.82. The van der Waals surface area contributed by atoms with Crippen LogP contribution in [0.25, 0.3) is 0 Å². The highest BCUT2D eigenvalue weighted by molar-refractivity contribution is 5.81. The highest BCUT2D eigenvalue weighted by Gasteiger charge is 2.13. The van der Waals surface area contributed by atoms with Gasteiger partial charge in [0.1, 0.15) is 11.9 Å². The Balaban J connectivity index is 1.75. The number of hydrogen-bond acceptors (Lipinski definition) is 4. The molecule has 4 nitrogen and oxygen atoms in total. The molecule has 1 aliphatic heterocycles. The summed E-state index contributed by atoms with van der Waals surface area (Å²) in [6.07, 6.45) is 0.105. The number of ether oxygens (including phenoxy) is 1. The van der Waals surface area contributed by atoms with E-state index in [2.05, 4.69) is 41.6 Å². The third-order valence-electron chi connectivity index (χ3n) is 2.82. The van der Waals surface area contributed by atoms with E-state index in [0.29, 0.717) is 6.04 Å². The Kier molecular flexibility index (Phi) is 4.07. The van der Waals surface area contributed by atoms with Gasteiger partial charge in [0.25, 0.3) is 0 Å². The second-order valence-electron chi connectivity index (χ2n) is 4.86. The van der Waals surface area contributed by atoms with Crippen LogP contribution >= 0.6 is 0 Å². The lowest BCUT2D eigenvalue weighted by atomic mass is 10.2. The summed E-state index contributed by atoms with van der Waals surface area (Å²) in [4.78, 5) is 4.35. The predicted octanol–water partition coefficient (Wildman–Crippen LogP) is 1.70. The second kappa shape index (κ2) is 5.76. The molecule has 1 heterocycles. The first-order chi connectivity index (χ1) is 8.63. The lowest BCUT2D eigenvalue weighted by molar-refractivity contribution is 0.224. The number of guanidine groups is 1. The van der Waals surface area contributed by atoms with Crippen molar-refractivity contribution in [2.24, 2.45) is 4.99 Å². The molecule has 0 saturated heterocycles. The quantitative estimate of drug-likeness (QED) is 0.851. The molecule has 0 saturated carbocycles. The molecule has 0 bridgehead atoms. The van der Waals surface area contributed by atoms with Crippen LogP contribution in [-0.4, -0.2) is 31.2 Å². The summed E-state index contributed by atoms with van der Waals surface area (Å²) in [5, 5.41) is 6.52. The molecule has 0 aromatic heterocycles. The van der Waals surface area contributed by atoms with Gasteiger partial charge in [-0.1, -0.05) is 17.7 Å². The summed E-state index contributed by atoms with van der Waals surface area (Å²) in [5.41, 5.74) is 1.24. The van der Waals surface area contributed by atoms with E-state index in [1.165, 1.54) is 5.56 Å². The van der Waals surface area contributed by atoms with Crippen molar-refractivity contribution < 1.29 is 4.74 Å². The van der Waals surface area contributed by atoms with Gasteiger partial charge in [0.15, 0.2) is 5.96 Å². The smallest absolute Gasteiger partial charge is 0.191 e. The normalized spacial score (nSPS) is 19.9. The first kappa shape index (κ1) is 12.7. The molecular formula is C14H21N3O. The summed E-state index contributed by atoms with van der Waals surface area (Å²) in [6, 6.07) is 8.54. The largest absolute Gasteiger partial charge is 0.489 e. The van der Waals surface area contributed by atoms with Crippen molar-refractivity contribution in [1.29, 1.82) is 0 Å². The molecule has 2 rings (SSSR count). The number of benzene rings is 1. The molecule has 1 aliphatic rings. The van der Waals surface area contributed by atoms with Crippen molar-refractivity contribution >= 4 is 5.96 Å². The lowest BCUT2D eigenvalue weighted by Crippen LogP contribution is -2.41. The van der Waals surface area contributed by atoms with Crippen LogP contribution in [0, 0.1) is 6.92 Å². The Morgan fingerprint density at radius 3 is 2.78 bits per heavy atom. The van der Waals surface area contributed by atoms with Crippen molar-refractivity contribution in [3.8, 4) is 5.75 Å². The monoisotopic (exact) mass is 247 g/mol. The van der Waals surface area contributed by atoms with E-state index < -0.39 is 0 Å². The van der Waals surface area contributed by atoms with E-state index in [-0.39, 0.29) is 6.10 Å². The van der Waals surface area contributed by atoms with Gasteiger partial charge in [-0.25, -0.2) is 0 Å². The van der Waals surface area contributed by atoms with Crippen LogP contribution in [0.5, 0.6) is 5.75 Å². The number of aliphatic imine (C=N–C) groups is 1. The van der Waals surface area contributed by atoms with E-state index in [9.17, 15) is 0 Å². The zero-order valence-corrected chi connectivity index (χ0v) is 11.2. The Labute approximate surface area is 108 Å². The van der Waals surface area contributed by atoms with Crippen molar-refractivity contribution in [3.63, 3.8) is 0 Å². The summed E-state index contributed by atoms with van der Waals surface area (Å²) in [7, 11) is 0. The van der Waals surface area contributed by atoms with Gasteiger partial charge in [-0.2, -0.15) is 0 Å². The molecule has 18 heavy (non-hydrogen) atoms. The highest BCUT2D eigenvalue weighted by Crippen LogP contribution is 2.12. The number of rotatable bonds is 4. The van der Waals surface area contributed by atoms with Gasteiger partial charge in [0, 0.05) is 6.04 Å². The van der Waals surface area contributed by atoms with Gasteiger partial charge in [-0.3, -0.25) is 4.99 Å². The van der Waals surface area contributed by atoms with Gasteiger partial charge in [-0.05, 0) is 32.9 Å². The second-order valence-corrected chi connectivity index (χ2v) is 4.86. The fourth-order valence-electron chi connectivity index (χ4n) is 1.79. The molecule has 2 unspecified atom stereocenters. The van der Waals surface area contributed by atoms with E-state index in [4.69, 9.17) is 4.74 Å². The SMILES string of the molecule is Cc1ccc(OC(C)CNC2=NCC(C)N2)cc1. The highest BCUT2D eigenvalue weighted by atomic mass is 16.5. The minimum Gasteiger partial charge on any atom is -0.489 e. The summed E-state index contributed by atoms with van der Waals surface area (Å²) in [5.74, 6) is 1.78. The van der Waals surface area contributed by atoms with Crippen LogP contribution in [0.4, 0.5) is 0 Å². The first-order valence-electron chi connectivity index (χ1n) is 6.41. The van der Waals surface area contributed by atoms with Gasteiger partial charge < -0.3 is 15.4 Å². The maximum absolute atomic E-state index is 5.81. The van der Waals surface area contributed by atoms with E-state index in [1.807, 2.05) is 19.1 Å². The predicted molar refractivity (Wildman–Crippen MR) is 74.2 cm³/mol. The molecule has 2 atom stereocenters. The van der Waals surface area contributed by atoms with E-state index >= 15 is 0 Å². The average molecular weight is 247 g/mol. The molecule has 1 aromatic carbocycles. The van der Waals surface area contributed by atoms with Gasteiger partial charge in [0.2, 0.25) is 0 Å². The summed E-state index contributed by atoms with van der Waals surface area (Å²) >= 11 is 0. The summed E-state index contributed by atoms with van der Waals surface area (Å²) < 4.78 is 5.81. The maximum atomic E-state index is 5.81. The molecular weight excluding hydrogens is 226 g/mol. The van der Waals surface area contributed by atoms with Crippen LogP contribution in [0.1, 0.15) is 19.4 Å². The first-order valence-corrected chi connectivity index (χ1v) is 6.41. The average Bonchev–Trinajstić information content (AvgIpc) is 2.76. The molecule has 0 radical (unpaired) electrons. The number of nitrogens with one attached hydrogen (secondary N) is 2. The van der Waals surface area contributed by atoms with Crippen molar-refractivity contribution in [2.45, 2.75) is 32.9 Å². The van der Waals surface area contributed by atoms with Crippen LogP contribution in [0.3, 0.4) is 0 Å². The fraction of sp³-hybridized carbons (Fsp3) is 0.500. The molecule has 0 aliphatic carbocycles. The molecule has 0 spiro atoms. The van der Waals surface area contributed by atoms with Gasteiger partial charge in [0.05, 0.1) is 13.1 Å². The number of nitrogens with zero attached hydrogens (tertiary/aromatic N) is 1. The minimum absolute atomic E-state index is 0.105. The van der Waals surface area contributed by atoms with Crippen LogP contribution in [0.2, 0.25) is 0 Å². The molecule has 1 aromatic rings. The van der Waals surface area contributed by atoms with Crippen molar-refractivity contribution in [3.05, 3.63) is 29.8 Å². The fourth-order valence-corrected chi connectivity index (χ4v) is 1.79. The standard InChI is InChI=1S/C14H21N3O/c1-10-4-6-13(7-5-10)18-12(3)9-16-14-15-8-11(2)17-14/h4-7,11-12H,8-9H2,1-3H3,(H2,15,16,17). The Bertz CT molecular complexity index is 414. The zero-order chi connectivity index (χ0) is 13.0. The Morgan fingerprint density at radius 1 is 1.44 bits per heavy atom. The van der Waals surface area contributed by atoms with Crippen molar-refractivity contribution in [1.82, 2.24) is 10.6 Å².